The van der Waals surface area contributed by atoms with E-state index >= 15 is 0 Å². The van der Waals surface area contributed by atoms with Gasteiger partial charge < -0.3 is 20.1 Å². The predicted octanol–water partition coefficient (Wildman–Crippen LogP) is 3.13. The summed E-state index contributed by atoms with van der Waals surface area (Å²) in [6.07, 6.45) is 1.50. The van der Waals surface area contributed by atoms with Crippen molar-refractivity contribution in [3.8, 4) is 5.75 Å². The van der Waals surface area contributed by atoms with Gasteiger partial charge in [0.1, 0.15) is 12.3 Å². The van der Waals surface area contributed by atoms with E-state index < -0.39 is 5.97 Å². The van der Waals surface area contributed by atoms with Crippen LogP contribution in [0.4, 0.5) is 0 Å². The molecule has 1 heterocycles. The number of esters is 1. The largest absolute Gasteiger partial charge is 0.508 e. The van der Waals surface area contributed by atoms with Gasteiger partial charge in [0.15, 0.2) is 0 Å². The number of likely N-dealkylation sites (tertiary alicyclic amines) is 1. The van der Waals surface area contributed by atoms with Crippen LogP contribution in [0.25, 0.3) is 0 Å². The predicted molar refractivity (Wildman–Crippen MR) is 127 cm³/mol. The first-order chi connectivity index (χ1) is 15.8. The van der Waals surface area contributed by atoms with E-state index in [1.807, 2.05) is 24.3 Å². The number of aromatic hydroxyl groups is 1. The molecule has 3 rings (SSSR count). The fourth-order valence-electron chi connectivity index (χ4n) is 4.63. The van der Waals surface area contributed by atoms with Crippen LogP contribution in [0.1, 0.15) is 38.3 Å². The third-order valence-corrected chi connectivity index (χ3v) is 6.84. The number of hydrogen-bond acceptors (Lipinski definition) is 5. The lowest BCUT2D eigenvalue weighted by Gasteiger charge is -2.45. The molecular formula is C27H34N2O4. The highest BCUT2D eigenvalue weighted by atomic mass is 16.5. The highest BCUT2D eigenvalue weighted by Gasteiger charge is 2.39. The molecule has 6 nitrogen and oxygen atoms in total. The van der Waals surface area contributed by atoms with E-state index in [4.69, 9.17) is 4.74 Å². The number of piperidine rings is 1. The van der Waals surface area contributed by atoms with Crippen LogP contribution in [0.5, 0.6) is 5.75 Å². The average molecular weight is 451 g/mol. The normalized spacial score (nSPS) is 21.6. The van der Waals surface area contributed by atoms with E-state index in [2.05, 4.69) is 42.3 Å². The zero-order valence-corrected chi connectivity index (χ0v) is 19.8. The fraction of sp³-hybridized carbons (Fsp3) is 0.481. The number of nitrogens with zero attached hydrogens (tertiary/aromatic N) is 1. The number of hydrogen-bond donors (Lipinski definition) is 2. The minimum atomic E-state index is -0.430. The van der Waals surface area contributed by atoms with Gasteiger partial charge in [-0.05, 0) is 79.1 Å². The van der Waals surface area contributed by atoms with Crippen molar-refractivity contribution in [1.82, 2.24) is 10.2 Å². The standard InChI is InChI=1S/C27H34N2O4/c1-4-33-25(31)17-28-26(32)22(15-21-9-6-5-7-10-21)19-29-14-13-27(3,20(2)18-29)23-11-8-12-24(30)16-23/h6,8-12,16,20,22,30H,4,13-15,17-19H2,1-3H3,(H,28,32)/t20-,22-,27+/m0/s1. The first kappa shape index (κ1) is 24.6. The zero-order valence-electron chi connectivity index (χ0n) is 19.8. The lowest BCUT2D eigenvalue weighted by atomic mass is 9.68. The lowest BCUT2D eigenvalue weighted by molar-refractivity contribution is -0.143. The van der Waals surface area contributed by atoms with Gasteiger partial charge in [-0.2, -0.15) is 0 Å². The molecule has 0 unspecified atom stereocenters. The summed E-state index contributed by atoms with van der Waals surface area (Å²) in [6.45, 7) is 8.70. The second-order valence-corrected chi connectivity index (χ2v) is 9.14. The zero-order chi connectivity index (χ0) is 23.8. The molecule has 0 radical (unpaired) electrons. The number of phenolic OH excluding ortho intramolecular Hbond substituents is 1. The number of ether oxygens (including phenoxy) is 1. The molecule has 1 saturated heterocycles. The number of rotatable bonds is 9. The Balaban J connectivity index is 1.68. The Hall–Kier alpha value is -3.04. The summed E-state index contributed by atoms with van der Waals surface area (Å²) in [4.78, 5) is 27.1. The van der Waals surface area contributed by atoms with Crippen LogP contribution in [0.15, 0.2) is 42.5 Å². The number of phenols is 1. The summed E-state index contributed by atoms with van der Waals surface area (Å²) in [5.41, 5.74) is 2.12. The first-order valence-electron chi connectivity index (χ1n) is 11.6. The second kappa shape index (κ2) is 11.2. The Labute approximate surface area is 196 Å². The van der Waals surface area contributed by atoms with Gasteiger partial charge in [-0.25, -0.2) is 0 Å². The van der Waals surface area contributed by atoms with Crippen molar-refractivity contribution < 1.29 is 19.4 Å². The maximum atomic E-state index is 13.0. The molecule has 0 aliphatic carbocycles. The van der Waals surface area contributed by atoms with Crippen LogP contribution in [0, 0.1) is 24.0 Å². The summed E-state index contributed by atoms with van der Waals surface area (Å²) < 4.78 is 4.94. The highest BCUT2D eigenvalue weighted by Crippen LogP contribution is 2.40. The van der Waals surface area contributed by atoms with Gasteiger partial charge >= 0.3 is 5.97 Å². The van der Waals surface area contributed by atoms with Gasteiger partial charge in [0.2, 0.25) is 5.91 Å². The summed E-state index contributed by atoms with van der Waals surface area (Å²) in [6, 6.07) is 19.0. The molecule has 33 heavy (non-hydrogen) atoms. The van der Waals surface area contributed by atoms with Gasteiger partial charge in [0.05, 0.1) is 12.5 Å². The van der Waals surface area contributed by atoms with Crippen molar-refractivity contribution in [1.29, 1.82) is 0 Å². The number of benzene rings is 1. The van der Waals surface area contributed by atoms with Crippen molar-refractivity contribution >= 4 is 11.9 Å². The molecule has 3 atom stereocenters. The van der Waals surface area contributed by atoms with E-state index in [9.17, 15) is 14.7 Å². The molecule has 0 bridgehead atoms. The fourth-order valence-corrected chi connectivity index (χ4v) is 4.63. The molecule has 6 heteroatoms. The monoisotopic (exact) mass is 450 g/mol. The average Bonchev–Trinajstić information content (AvgIpc) is 2.80. The van der Waals surface area contributed by atoms with E-state index in [0.717, 1.165) is 30.6 Å². The van der Waals surface area contributed by atoms with Crippen LogP contribution in [0.2, 0.25) is 0 Å². The molecule has 1 fully saturated rings. The van der Waals surface area contributed by atoms with Crippen molar-refractivity contribution in [2.75, 3.05) is 32.8 Å². The Morgan fingerprint density at radius 3 is 2.82 bits per heavy atom. The SMILES string of the molecule is CCOC(=O)CNC(=O)[C@@H](Cc1cc#ccc1)CN1CC[C@@](C)(c2cccc(O)c2)[C@@H](C)C1. The maximum absolute atomic E-state index is 13.0. The molecule has 0 spiro atoms. The molecule has 0 saturated carbocycles. The smallest absolute Gasteiger partial charge is 0.325 e. The number of carbonyl (C=O) groups is 2. The first-order valence-corrected chi connectivity index (χ1v) is 11.6. The third kappa shape index (κ3) is 6.49. The molecule has 176 valence electrons. The van der Waals surface area contributed by atoms with E-state index in [-0.39, 0.29) is 30.4 Å². The van der Waals surface area contributed by atoms with Crippen molar-refractivity contribution in [3.63, 3.8) is 0 Å². The van der Waals surface area contributed by atoms with Crippen molar-refractivity contribution in [2.45, 2.75) is 39.0 Å². The van der Waals surface area contributed by atoms with Crippen LogP contribution in [0.3, 0.4) is 0 Å². The minimum Gasteiger partial charge on any atom is -0.508 e. The van der Waals surface area contributed by atoms with Crippen LogP contribution in [-0.4, -0.2) is 54.7 Å². The molecule has 0 aromatic heterocycles. The summed E-state index contributed by atoms with van der Waals surface area (Å²) >= 11 is 0. The van der Waals surface area contributed by atoms with Gasteiger partial charge in [-0.1, -0.05) is 38.1 Å². The molecule has 2 aromatic rings. The molecule has 1 aliphatic heterocycles. The van der Waals surface area contributed by atoms with Gasteiger partial charge in [-0.3, -0.25) is 9.59 Å². The Bertz CT molecular complexity index is 933. The molecule has 1 aliphatic rings. The summed E-state index contributed by atoms with van der Waals surface area (Å²) in [5.74, 6) is -0.243. The Kier molecular flexibility index (Phi) is 8.35. The number of amides is 1. The number of carbonyl (C=O) groups excluding carboxylic acids is 2. The third-order valence-electron chi connectivity index (χ3n) is 6.84. The van der Waals surface area contributed by atoms with Gasteiger partial charge in [-0.15, -0.1) is 0 Å². The molecule has 1 amide bonds. The number of nitrogens with one attached hydrogen (secondary N) is 1. The van der Waals surface area contributed by atoms with E-state index in [1.165, 1.54) is 0 Å². The summed E-state index contributed by atoms with van der Waals surface area (Å²) in [5, 5.41) is 12.7. The van der Waals surface area contributed by atoms with E-state index in [0.29, 0.717) is 24.6 Å². The second-order valence-electron chi connectivity index (χ2n) is 9.14. The van der Waals surface area contributed by atoms with Gasteiger partial charge in [0.25, 0.3) is 0 Å². The Morgan fingerprint density at radius 2 is 2.15 bits per heavy atom. The topological polar surface area (TPSA) is 78.9 Å². The molecule has 2 N–H and O–H groups in total. The lowest BCUT2D eigenvalue weighted by Crippen LogP contribution is -2.50. The summed E-state index contributed by atoms with van der Waals surface area (Å²) in [7, 11) is 0. The Morgan fingerprint density at radius 1 is 1.33 bits per heavy atom. The highest BCUT2D eigenvalue weighted by molar-refractivity contribution is 5.83. The van der Waals surface area contributed by atoms with E-state index in [1.54, 1.807) is 19.1 Å². The van der Waals surface area contributed by atoms with Crippen LogP contribution >= 0.6 is 0 Å². The minimum absolute atomic E-state index is 0.0405. The maximum Gasteiger partial charge on any atom is 0.325 e. The van der Waals surface area contributed by atoms with Crippen molar-refractivity contribution in [3.05, 3.63) is 65.7 Å². The van der Waals surface area contributed by atoms with Gasteiger partial charge in [0, 0.05) is 13.1 Å². The quantitative estimate of drug-likeness (QED) is 0.574. The van der Waals surface area contributed by atoms with Crippen LogP contribution < -0.4 is 5.32 Å². The van der Waals surface area contributed by atoms with Crippen LogP contribution in [-0.2, 0) is 26.2 Å². The molecule has 2 aromatic carbocycles. The molecular weight excluding hydrogens is 416 g/mol. The van der Waals surface area contributed by atoms with Crippen molar-refractivity contribution in [2.24, 2.45) is 11.8 Å².